The van der Waals surface area contributed by atoms with E-state index in [0.717, 1.165) is 25.9 Å². The summed E-state index contributed by atoms with van der Waals surface area (Å²) in [6, 6.07) is 0. The van der Waals surface area contributed by atoms with Gasteiger partial charge in [-0.15, -0.1) is 12.4 Å². The molecular weight excluding hydrogens is 212 g/mol. The molecule has 1 heterocycles. The van der Waals surface area contributed by atoms with Crippen LogP contribution in [0.4, 0.5) is 0 Å². The molecule has 0 atom stereocenters. The summed E-state index contributed by atoms with van der Waals surface area (Å²) in [6.07, 6.45) is 5.86. The minimum Gasteiger partial charge on any atom is -0.362 e. The Morgan fingerprint density at radius 2 is 2.47 bits per heavy atom. The van der Waals surface area contributed by atoms with Crippen molar-refractivity contribution >= 4 is 18.6 Å². The first kappa shape index (κ1) is 14.2. The molecule has 0 spiro atoms. The second kappa shape index (κ2) is 7.49. The standard InChI is InChI=1S/C11H18N2O.ClH/c1-4-10(2)14-12-8-11-6-5-7-13(3)9-11;/h6,8H,2,4-5,7,9H2,1,3H3;1H/b12-8+;. The number of likely N-dealkylation sites (N-methyl/N-ethyl adjacent to an activating group) is 1. The van der Waals surface area contributed by atoms with Gasteiger partial charge in [-0.3, -0.25) is 0 Å². The van der Waals surface area contributed by atoms with E-state index in [1.807, 2.05) is 6.92 Å². The van der Waals surface area contributed by atoms with Crippen LogP contribution in [0.25, 0.3) is 0 Å². The van der Waals surface area contributed by atoms with E-state index in [2.05, 4.69) is 29.8 Å². The monoisotopic (exact) mass is 230 g/mol. The molecule has 86 valence electrons. The zero-order valence-corrected chi connectivity index (χ0v) is 10.2. The normalized spacial score (nSPS) is 17.1. The third kappa shape index (κ3) is 5.60. The van der Waals surface area contributed by atoms with E-state index < -0.39 is 0 Å². The molecular formula is C11H19ClN2O. The Hall–Kier alpha value is -0.800. The van der Waals surface area contributed by atoms with Crippen molar-refractivity contribution in [1.82, 2.24) is 4.90 Å². The van der Waals surface area contributed by atoms with E-state index in [9.17, 15) is 0 Å². The molecule has 1 rings (SSSR count). The third-order valence-electron chi connectivity index (χ3n) is 2.16. The molecule has 0 bridgehead atoms. The van der Waals surface area contributed by atoms with Crippen LogP contribution in [-0.4, -0.2) is 31.3 Å². The van der Waals surface area contributed by atoms with Crippen LogP contribution in [0.5, 0.6) is 0 Å². The molecule has 0 fully saturated rings. The summed E-state index contributed by atoms with van der Waals surface area (Å²) in [7, 11) is 2.10. The van der Waals surface area contributed by atoms with Gasteiger partial charge in [0.2, 0.25) is 0 Å². The molecule has 0 aromatic heterocycles. The van der Waals surface area contributed by atoms with Gasteiger partial charge in [-0.1, -0.05) is 24.7 Å². The maximum Gasteiger partial charge on any atom is 0.127 e. The van der Waals surface area contributed by atoms with E-state index in [-0.39, 0.29) is 12.4 Å². The van der Waals surface area contributed by atoms with Gasteiger partial charge in [0.1, 0.15) is 5.76 Å². The minimum atomic E-state index is 0. The molecule has 0 saturated carbocycles. The molecule has 4 heteroatoms. The number of oxime groups is 1. The van der Waals surface area contributed by atoms with Crippen molar-refractivity contribution < 1.29 is 4.84 Å². The first-order chi connectivity index (χ1) is 6.72. The van der Waals surface area contributed by atoms with Gasteiger partial charge in [0.25, 0.3) is 0 Å². The van der Waals surface area contributed by atoms with Crippen LogP contribution in [-0.2, 0) is 4.84 Å². The van der Waals surface area contributed by atoms with E-state index in [0.29, 0.717) is 5.76 Å². The lowest BCUT2D eigenvalue weighted by molar-refractivity contribution is 0.222. The lowest BCUT2D eigenvalue weighted by atomic mass is 10.1. The highest BCUT2D eigenvalue weighted by Gasteiger charge is 2.05. The Morgan fingerprint density at radius 3 is 3.07 bits per heavy atom. The van der Waals surface area contributed by atoms with Crippen molar-refractivity contribution in [3.63, 3.8) is 0 Å². The summed E-state index contributed by atoms with van der Waals surface area (Å²) < 4.78 is 0. The molecule has 1 aliphatic rings. The number of hydrogen-bond acceptors (Lipinski definition) is 3. The molecule has 0 aliphatic carbocycles. The van der Waals surface area contributed by atoms with Gasteiger partial charge in [0, 0.05) is 19.5 Å². The molecule has 0 aromatic carbocycles. The Labute approximate surface area is 97.9 Å². The van der Waals surface area contributed by atoms with Gasteiger partial charge >= 0.3 is 0 Å². The third-order valence-corrected chi connectivity index (χ3v) is 2.16. The first-order valence-electron chi connectivity index (χ1n) is 4.98. The average molecular weight is 231 g/mol. The SMILES string of the molecule is C=C(CC)O/N=C/C1=CCCN(C)C1.Cl. The Balaban J connectivity index is 0.00000196. The lowest BCUT2D eigenvalue weighted by Gasteiger charge is -2.20. The van der Waals surface area contributed by atoms with Crippen LogP contribution in [0.1, 0.15) is 19.8 Å². The quantitative estimate of drug-likeness (QED) is 0.421. The lowest BCUT2D eigenvalue weighted by Crippen LogP contribution is -2.25. The van der Waals surface area contributed by atoms with Crippen LogP contribution in [0.15, 0.2) is 29.1 Å². The highest BCUT2D eigenvalue weighted by atomic mass is 35.5. The van der Waals surface area contributed by atoms with Crippen molar-refractivity contribution in [2.45, 2.75) is 19.8 Å². The number of hydrogen-bond donors (Lipinski definition) is 0. The smallest absolute Gasteiger partial charge is 0.127 e. The topological polar surface area (TPSA) is 24.8 Å². The van der Waals surface area contributed by atoms with E-state index >= 15 is 0 Å². The fourth-order valence-electron chi connectivity index (χ4n) is 1.25. The molecule has 0 unspecified atom stereocenters. The number of allylic oxidation sites excluding steroid dienone is 1. The second-order valence-corrected chi connectivity index (χ2v) is 3.52. The summed E-state index contributed by atoms with van der Waals surface area (Å²) in [5.74, 6) is 0.700. The maximum absolute atomic E-state index is 5.04. The highest BCUT2D eigenvalue weighted by Crippen LogP contribution is 2.06. The molecule has 0 N–H and O–H groups in total. The number of halogens is 1. The number of nitrogens with zero attached hydrogens (tertiary/aromatic N) is 2. The van der Waals surface area contributed by atoms with Crippen molar-refractivity contribution in [1.29, 1.82) is 0 Å². The van der Waals surface area contributed by atoms with Crippen molar-refractivity contribution in [2.75, 3.05) is 20.1 Å². The van der Waals surface area contributed by atoms with Crippen molar-refractivity contribution in [2.24, 2.45) is 5.16 Å². The average Bonchev–Trinajstić information content (AvgIpc) is 2.17. The minimum absolute atomic E-state index is 0. The molecule has 1 aliphatic heterocycles. The highest BCUT2D eigenvalue weighted by molar-refractivity contribution is 5.85. The fourth-order valence-corrected chi connectivity index (χ4v) is 1.25. The first-order valence-corrected chi connectivity index (χ1v) is 4.98. The maximum atomic E-state index is 5.04. The van der Waals surface area contributed by atoms with E-state index in [1.54, 1.807) is 6.21 Å². The Bertz CT molecular complexity index is 261. The summed E-state index contributed by atoms with van der Waals surface area (Å²) in [4.78, 5) is 7.30. The summed E-state index contributed by atoms with van der Waals surface area (Å²) in [5.41, 5.74) is 1.21. The van der Waals surface area contributed by atoms with Crippen molar-refractivity contribution in [3.8, 4) is 0 Å². The predicted octanol–water partition coefficient (Wildman–Crippen LogP) is 2.60. The van der Waals surface area contributed by atoms with Gasteiger partial charge in [-0.2, -0.15) is 0 Å². The van der Waals surface area contributed by atoms with Gasteiger partial charge in [-0.25, -0.2) is 0 Å². The predicted molar refractivity (Wildman–Crippen MR) is 66.5 cm³/mol. The van der Waals surface area contributed by atoms with Crippen LogP contribution in [0.3, 0.4) is 0 Å². The summed E-state index contributed by atoms with van der Waals surface area (Å²) in [5, 5.41) is 3.88. The molecule has 0 radical (unpaired) electrons. The van der Waals surface area contributed by atoms with Crippen LogP contribution in [0.2, 0.25) is 0 Å². The van der Waals surface area contributed by atoms with Crippen molar-refractivity contribution in [3.05, 3.63) is 24.0 Å². The van der Waals surface area contributed by atoms with Crippen LogP contribution < -0.4 is 0 Å². The zero-order chi connectivity index (χ0) is 10.4. The van der Waals surface area contributed by atoms with Crippen LogP contribution >= 0.6 is 12.4 Å². The molecule has 0 amide bonds. The van der Waals surface area contributed by atoms with Gasteiger partial charge in [0.15, 0.2) is 0 Å². The van der Waals surface area contributed by atoms with Gasteiger partial charge < -0.3 is 9.74 Å². The molecule has 0 aromatic rings. The van der Waals surface area contributed by atoms with Gasteiger partial charge in [-0.05, 0) is 19.0 Å². The number of rotatable bonds is 4. The molecule has 0 saturated heterocycles. The second-order valence-electron chi connectivity index (χ2n) is 3.52. The zero-order valence-electron chi connectivity index (χ0n) is 9.40. The van der Waals surface area contributed by atoms with E-state index in [1.165, 1.54) is 5.57 Å². The summed E-state index contributed by atoms with van der Waals surface area (Å²) >= 11 is 0. The fraction of sp³-hybridized carbons (Fsp3) is 0.545. The summed E-state index contributed by atoms with van der Waals surface area (Å²) in [6.45, 7) is 7.77. The van der Waals surface area contributed by atoms with Crippen LogP contribution in [0, 0.1) is 0 Å². The Morgan fingerprint density at radius 1 is 1.73 bits per heavy atom. The Kier molecular flexibility index (Phi) is 7.09. The largest absolute Gasteiger partial charge is 0.362 e. The molecule has 3 nitrogen and oxygen atoms in total. The molecule has 15 heavy (non-hydrogen) atoms. The van der Waals surface area contributed by atoms with E-state index in [4.69, 9.17) is 4.84 Å². The van der Waals surface area contributed by atoms with Gasteiger partial charge in [0.05, 0.1) is 6.21 Å².